The Hall–Kier alpha value is -2.25. The Kier molecular flexibility index (Phi) is 4.11. The molecule has 0 aliphatic carbocycles. The first-order valence-electron chi connectivity index (χ1n) is 5.71. The molecule has 1 aromatic carbocycles. The van der Waals surface area contributed by atoms with Crippen molar-refractivity contribution in [1.29, 1.82) is 0 Å². The van der Waals surface area contributed by atoms with E-state index in [0.29, 0.717) is 0 Å². The Bertz CT molecular complexity index is 697. The van der Waals surface area contributed by atoms with Crippen molar-refractivity contribution in [3.63, 3.8) is 0 Å². The first-order valence-corrected chi connectivity index (χ1v) is 7.19. The molecule has 0 aliphatic rings. The maximum absolute atomic E-state index is 12.0. The van der Waals surface area contributed by atoms with Crippen LogP contribution in [-0.2, 0) is 16.6 Å². The number of rotatable bonds is 5. The van der Waals surface area contributed by atoms with E-state index in [-0.39, 0.29) is 17.0 Å². The smallest absolute Gasteiger partial charge is 0.335 e. The van der Waals surface area contributed by atoms with Gasteiger partial charge in [-0.15, -0.1) is 0 Å². The first-order chi connectivity index (χ1) is 9.49. The van der Waals surface area contributed by atoms with Gasteiger partial charge in [-0.3, -0.25) is 4.98 Å². The highest BCUT2D eigenvalue weighted by atomic mass is 32.2. The molecule has 104 valence electrons. The molecule has 6 nitrogen and oxygen atoms in total. The van der Waals surface area contributed by atoms with Crippen LogP contribution in [0.25, 0.3) is 0 Å². The molecule has 0 radical (unpaired) electrons. The van der Waals surface area contributed by atoms with E-state index < -0.39 is 16.0 Å². The molecule has 2 aromatic rings. The second-order valence-electron chi connectivity index (χ2n) is 4.01. The molecule has 0 unspecified atom stereocenters. The van der Waals surface area contributed by atoms with E-state index in [0.717, 1.165) is 5.56 Å². The van der Waals surface area contributed by atoms with Gasteiger partial charge in [0.1, 0.15) is 0 Å². The van der Waals surface area contributed by atoms with Crippen molar-refractivity contribution in [1.82, 2.24) is 9.71 Å². The van der Waals surface area contributed by atoms with Crippen LogP contribution < -0.4 is 4.72 Å². The molecule has 2 N–H and O–H groups in total. The number of aromatic nitrogens is 1. The van der Waals surface area contributed by atoms with Gasteiger partial charge in [-0.1, -0.05) is 0 Å². The van der Waals surface area contributed by atoms with Crippen LogP contribution in [0, 0.1) is 0 Å². The summed E-state index contributed by atoms with van der Waals surface area (Å²) in [5, 5.41) is 8.76. The number of carbonyl (C=O) groups is 1. The second-order valence-corrected chi connectivity index (χ2v) is 5.78. The Balaban J connectivity index is 2.12. The van der Waals surface area contributed by atoms with Crippen LogP contribution in [-0.4, -0.2) is 24.5 Å². The van der Waals surface area contributed by atoms with Crippen LogP contribution >= 0.6 is 0 Å². The normalized spacial score (nSPS) is 11.2. The van der Waals surface area contributed by atoms with Gasteiger partial charge in [-0.05, 0) is 42.0 Å². The molecule has 0 spiro atoms. The zero-order chi connectivity index (χ0) is 14.6. The molecule has 1 heterocycles. The van der Waals surface area contributed by atoms with Crippen LogP contribution in [0.4, 0.5) is 0 Å². The minimum atomic E-state index is -3.66. The summed E-state index contributed by atoms with van der Waals surface area (Å²) >= 11 is 0. The highest BCUT2D eigenvalue weighted by Crippen LogP contribution is 2.11. The Labute approximate surface area is 116 Å². The van der Waals surface area contributed by atoms with Crippen molar-refractivity contribution in [3.05, 3.63) is 59.9 Å². The van der Waals surface area contributed by atoms with Gasteiger partial charge in [0.15, 0.2) is 0 Å². The minimum absolute atomic E-state index is 0.0246. The predicted molar refractivity (Wildman–Crippen MR) is 71.7 cm³/mol. The third kappa shape index (κ3) is 3.40. The minimum Gasteiger partial charge on any atom is -0.478 e. The number of nitrogens with zero attached hydrogens (tertiary/aromatic N) is 1. The number of nitrogens with one attached hydrogen (secondary N) is 1. The van der Waals surface area contributed by atoms with Gasteiger partial charge < -0.3 is 5.11 Å². The summed E-state index contributed by atoms with van der Waals surface area (Å²) in [6, 6.07) is 8.44. The van der Waals surface area contributed by atoms with Crippen LogP contribution in [0.5, 0.6) is 0 Å². The summed E-state index contributed by atoms with van der Waals surface area (Å²) in [6.07, 6.45) is 3.15. The topological polar surface area (TPSA) is 96.4 Å². The molecule has 0 saturated carbocycles. The number of pyridine rings is 1. The SMILES string of the molecule is O=C(O)c1ccc(S(=O)(=O)NCc2ccncc2)cc1. The van der Waals surface area contributed by atoms with E-state index in [1.807, 2.05) is 0 Å². The number of carboxylic acids is 1. The van der Waals surface area contributed by atoms with Crippen molar-refractivity contribution in [3.8, 4) is 0 Å². The highest BCUT2D eigenvalue weighted by Gasteiger charge is 2.14. The zero-order valence-corrected chi connectivity index (χ0v) is 11.2. The predicted octanol–water partition coefficient (Wildman–Crippen LogP) is 1.26. The van der Waals surface area contributed by atoms with E-state index in [1.54, 1.807) is 24.5 Å². The summed E-state index contributed by atoms with van der Waals surface area (Å²) in [4.78, 5) is 14.6. The lowest BCUT2D eigenvalue weighted by molar-refractivity contribution is 0.0696. The average Bonchev–Trinajstić information content (AvgIpc) is 2.46. The summed E-state index contributed by atoms with van der Waals surface area (Å²) in [5.74, 6) is -1.10. The highest BCUT2D eigenvalue weighted by molar-refractivity contribution is 7.89. The van der Waals surface area contributed by atoms with Crippen LogP contribution in [0.2, 0.25) is 0 Å². The molecule has 0 aliphatic heterocycles. The summed E-state index contributed by atoms with van der Waals surface area (Å²) < 4.78 is 26.5. The van der Waals surface area contributed by atoms with Gasteiger partial charge in [0.2, 0.25) is 10.0 Å². The molecule has 2 rings (SSSR count). The van der Waals surface area contributed by atoms with Crippen LogP contribution in [0.15, 0.2) is 53.7 Å². The fourth-order valence-electron chi connectivity index (χ4n) is 1.54. The van der Waals surface area contributed by atoms with Crippen molar-refractivity contribution in [2.24, 2.45) is 0 Å². The fourth-order valence-corrected chi connectivity index (χ4v) is 2.56. The molecule has 0 amide bonds. The molecular weight excluding hydrogens is 280 g/mol. The molecule has 20 heavy (non-hydrogen) atoms. The van der Waals surface area contributed by atoms with Crippen molar-refractivity contribution >= 4 is 16.0 Å². The van der Waals surface area contributed by atoms with E-state index >= 15 is 0 Å². The zero-order valence-electron chi connectivity index (χ0n) is 10.4. The standard InChI is InChI=1S/C13H12N2O4S/c16-13(17)11-1-3-12(4-2-11)20(18,19)15-9-10-5-7-14-8-6-10/h1-8,15H,9H2,(H,16,17). The molecule has 0 saturated heterocycles. The van der Waals surface area contributed by atoms with Gasteiger partial charge in [-0.2, -0.15) is 0 Å². The molecular formula is C13H12N2O4S. The number of hydrogen-bond donors (Lipinski definition) is 2. The fraction of sp³-hybridized carbons (Fsp3) is 0.0769. The monoisotopic (exact) mass is 292 g/mol. The van der Waals surface area contributed by atoms with Gasteiger partial charge in [0.25, 0.3) is 0 Å². The Morgan fingerprint density at radius 1 is 1.10 bits per heavy atom. The lowest BCUT2D eigenvalue weighted by Gasteiger charge is -2.07. The summed E-state index contributed by atoms with van der Waals surface area (Å²) in [6.45, 7) is 0.144. The summed E-state index contributed by atoms with van der Waals surface area (Å²) in [5.41, 5.74) is 0.823. The number of benzene rings is 1. The lowest BCUT2D eigenvalue weighted by Crippen LogP contribution is -2.23. The van der Waals surface area contributed by atoms with E-state index in [9.17, 15) is 13.2 Å². The maximum Gasteiger partial charge on any atom is 0.335 e. The maximum atomic E-state index is 12.0. The largest absolute Gasteiger partial charge is 0.478 e. The van der Waals surface area contributed by atoms with Gasteiger partial charge in [0, 0.05) is 18.9 Å². The summed E-state index contributed by atoms with van der Waals surface area (Å²) in [7, 11) is -3.66. The van der Waals surface area contributed by atoms with Gasteiger partial charge >= 0.3 is 5.97 Å². The van der Waals surface area contributed by atoms with E-state index in [4.69, 9.17) is 5.11 Å². The second kappa shape index (κ2) is 5.81. The quantitative estimate of drug-likeness (QED) is 0.864. The van der Waals surface area contributed by atoms with Crippen LogP contribution in [0.3, 0.4) is 0 Å². The van der Waals surface area contributed by atoms with Crippen molar-refractivity contribution in [2.75, 3.05) is 0 Å². The van der Waals surface area contributed by atoms with Crippen LogP contribution in [0.1, 0.15) is 15.9 Å². The number of hydrogen-bond acceptors (Lipinski definition) is 4. The van der Waals surface area contributed by atoms with E-state index in [1.165, 1.54) is 24.3 Å². The van der Waals surface area contributed by atoms with Crippen molar-refractivity contribution in [2.45, 2.75) is 11.4 Å². The lowest BCUT2D eigenvalue weighted by atomic mass is 10.2. The first kappa shape index (κ1) is 14.2. The molecule has 7 heteroatoms. The molecule has 0 atom stereocenters. The molecule has 0 fully saturated rings. The Morgan fingerprint density at radius 2 is 1.70 bits per heavy atom. The molecule has 0 bridgehead atoms. The van der Waals surface area contributed by atoms with Gasteiger partial charge in [-0.25, -0.2) is 17.9 Å². The number of carboxylic acid groups (broad SMARTS) is 1. The van der Waals surface area contributed by atoms with Crippen molar-refractivity contribution < 1.29 is 18.3 Å². The third-order valence-electron chi connectivity index (χ3n) is 2.63. The third-order valence-corrected chi connectivity index (χ3v) is 4.04. The van der Waals surface area contributed by atoms with Gasteiger partial charge in [0.05, 0.1) is 10.5 Å². The average molecular weight is 292 g/mol. The van der Waals surface area contributed by atoms with E-state index in [2.05, 4.69) is 9.71 Å². The number of aromatic carboxylic acids is 1. The Morgan fingerprint density at radius 3 is 2.25 bits per heavy atom. The number of sulfonamides is 1. The molecule has 1 aromatic heterocycles.